The van der Waals surface area contributed by atoms with Gasteiger partial charge in [-0.1, -0.05) is 188 Å². The SMILES string of the molecule is [2H]c1c([2H])c(-c2ccccc2)c2c([2H])c(-c3c4c([2H])c([2H])c([2H])c([2H])c4c(-c4cccc5c4ccc4c(-c6cccc(-c7ccccc7)c6)cccc45)c4c([2H])c([2H])c([2H])c([2H])c34)oc2c1[2H]. The molecule has 10 aromatic carbocycles. The van der Waals surface area contributed by atoms with E-state index in [4.69, 9.17) is 14.0 Å². The molecule has 0 radical (unpaired) electrons. The van der Waals surface area contributed by atoms with Crippen molar-refractivity contribution >= 4 is 54.1 Å². The molecular weight excluding hydrogens is 665 g/mol. The monoisotopic (exact) mass is 710 g/mol. The maximum Gasteiger partial charge on any atom is 0.136 e. The Morgan fingerprint density at radius 1 is 0.327 bits per heavy atom. The van der Waals surface area contributed by atoms with Gasteiger partial charge in [0.1, 0.15) is 11.3 Å². The van der Waals surface area contributed by atoms with Crippen molar-refractivity contribution in [2.45, 2.75) is 0 Å². The van der Waals surface area contributed by atoms with Crippen LogP contribution in [0.1, 0.15) is 16.4 Å². The summed E-state index contributed by atoms with van der Waals surface area (Å²) in [7, 11) is 0. The van der Waals surface area contributed by atoms with Gasteiger partial charge in [-0.25, -0.2) is 0 Å². The van der Waals surface area contributed by atoms with Crippen LogP contribution in [0, 0.1) is 0 Å². The van der Waals surface area contributed by atoms with Crippen molar-refractivity contribution in [2.24, 2.45) is 0 Å². The lowest BCUT2D eigenvalue weighted by molar-refractivity contribution is 0.633. The van der Waals surface area contributed by atoms with Gasteiger partial charge in [0, 0.05) is 10.9 Å². The minimum absolute atomic E-state index is 0.00587. The lowest BCUT2D eigenvalue weighted by Crippen LogP contribution is -1.91. The minimum atomic E-state index is -0.617. The van der Waals surface area contributed by atoms with Gasteiger partial charge in [0.05, 0.1) is 16.4 Å². The zero-order chi connectivity index (χ0) is 46.7. The van der Waals surface area contributed by atoms with Crippen molar-refractivity contribution in [3.05, 3.63) is 206 Å². The van der Waals surface area contributed by atoms with Crippen LogP contribution in [0.3, 0.4) is 0 Å². The van der Waals surface area contributed by atoms with Crippen molar-refractivity contribution < 1.29 is 20.9 Å². The maximum absolute atomic E-state index is 9.73. The second-order valence-electron chi connectivity index (χ2n) is 13.4. The molecule has 0 spiro atoms. The summed E-state index contributed by atoms with van der Waals surface area (Å²) in [5.74, 6) is -0.338. The van der Waals surface area contributed by atoms with Crippen molar-refractivity contribution in [1.29, 1.82) is 0 Å². The van der Waals surface area contributed by atoms with E-state index >= 15 is 0 Å². The van der Waals surface area contributed by atoms with Gasteiger partial charge in [-0.2, -0.15) is 0 Å². The van der Waals surface area contributed by atoms with Gasteiger partial charge >= 0.3 is 0 Å². The van der Waals surface area contributed by atoms with Crippen LogP contribution < -0.4 is 0 Å². The molecule has 256 valence electrons. The molecule has 1 heterocycles. The Morgan fingerprint density at radius 3 is 1.55 bits per heavy atom. The third-order valence-electron chi connectivity index (χ3n) is 10.4. The summed E-state index contributed by atoms with van der Waals surface area (Å²) in [6, 6.07) is 36.6. The minimum Gasteiger partial charge on any atom is -0.456 e. The van der Waals surface area contributed by atoms with E-state index in [1.807, 2.05) is 60.7 Å². The molecule has 1 heteroatoms. The predicted octanol–water partition coefficient (Wildman–Crippen LogP) is 15.4. The van der Waals surface area contributed by atoms with E-state index in [-0.39, 0.29) is 67.0 Å². The zero-order valence-corrected chi connectivity index (χ0v) is 29.1. The van der Waals surface area contributed by atoms with Gasteiger partial charge in [-0.05, 0) is 106 Å². The smallest absolute Gasteiger partial charge is 0.136 e. The third-order valence-corrected chi connectivity index (χ3v) is 10.4. The molecule has 11 aromatic rings. The molecule has 11 rings (SSSR count). The molecule has 0 atom stereocenters. The van der Waals surface area contributed by atoms with E-state index < -0.39 is 60.4 Å². The summed E-state index contributed by atoms with van der Waals surface area (Å²) in [6.07, 6.45) is 0. The summed E-state index contributed by atoms with van der Waals surface area (Å²) in [4.78, 5) is 0. The van der Waals surface area contributed by atoms with Crippen LogP contribution in [-0.2, 0) is 0 Å². The number of benzene rings is 10. The summed E-state index contributed by atoms with van der Waals surface area (Å²) in [5.41, 5.74) is 4.92. The molecule has 0 aliphatic heterocycles. The Bertz CT molecular complexity index is 3860. The molecule has 1 nitrogen and oxygen atoms in total. The van der Waals surface area contributed by atoms with Gasteiger partial charge < -0.3 is 4.42 Å². The Labute approximate surface area is 336 Å². The number of rotatable bonds is 5. The molecule has 0 amide bonds. The van der Waals surface area contributed by atoms with Crippen LogP contribution in [-0.4, -0.2) is 0 Å². The molecule has 1 aromatic heterocycles. The molecule has 0 fully saturated rings. The zero-order valence-electron chi connectivity index (χ0n) is 41.1. The fourth-order valence-electron chi connectivity index (χ4n) is 7.97. The van der Waals surface area contributed by atoms with E-state index in [2.05, 4.69) is 36.4 Å². The number of furan rings is 1. The molecular formula is C54H34O. The van der Waals surface area contributed by atoms with Crippen LogP contribution in [0.15, 0.2) is 210 Å². The third kappa shape index (κ3) is 5.09. The summed E-state index contributed by atoms with van der Waals surface area (Å²) >= 11 is 0. The quantitative estimate of drug-likeness (QED) is 0.128. The fraction of sp³-hybridized carbons (Fsp3) is 0. The van der Waals surface area contributed by atoms with Gasteiger partial charge in [0.25, 0.3) is 0 Å². The first kappa shape index (κ1) is 21.5. The van der Waals surface area contributed by atoms with Crippen LogP contribution in [0.5, 0.6) is 0 Å². The van der Waals surface area contributed by atoms with Gasteiger partial charge in [0.15, 0.2) is 0 Å². The highest BCUT2D eigenvalue weighted by molar-refractivity contribution is 6.25. The largest absolute Gasteiger partial charge is 0.456 e. The average Bonchev–Trinajstić information content (AvgIpc) is 3.70. The van der Waals surface area contributed by atoms with Gasteiger partial charge in [0.2, 0.25) is 0 Å². The molecule has 0 unspecified atom stereocenters. The Morgan fingerprint density at radius 2 is 0.873 bits per heavy atom. The van der Waals surface area contributed by atoms with E-state index in [9.17, 15) is 6.85 Å². The lowest BCUT2D eigenvalue weighted by atomic mass is 9.85. The van der Waals surface area contributed by atoms with Crippen molar-refractivity contribution in [3.8, 4) is 55.8 Å². The van der Waals surface area contributed by atoms with Crippen LogP contribution in [0.4, 0.5) is 0 Å². The van der Waals surface area contributed by atoms with E-state index in [1.54, 1.807) is 36.4 Å². The molecule has 0 aliphatic rings. The molecule has 0 bridgehead atoms. The summed E-state index contributed by atoms with van der Waals surface area (Å²) in [6.45, 7) is 0. The second-order valence-corrected chi connectivity index (χ2v) is 13.4. The fourth-order valence-corrected chi connectivity index (χ4v) is 7.97. The molecule has 0 N–H and O–H groups in total. The Balaban J connectivity index is 1.28. The number of hydrogen-bond donors (Lipinski definition) is 0. The van der Waals surface area contributed by atoms with Crippen molar-refractivity contribution in [3.63, 3.8) is 0 Å². The highest BCUT2D eigenvalue weighted by Gasteiger charge is 2.21. The summed E-state index contributed by atoms with van der Waals surface area (Å²) in [5, 5.41) is 2.86. The maximum atomic E-state index is 9.73. The number of hydrogen-bond acceptors (Lipinski definition) is 1. The first-order chi connectivity index (χ1) is 32.3. The first-order valence-corrected chi connectivity index (χ1v) is 17.9. The van der Waals surface area contributed by atoms with Gasteiger partial charge in [-0.15, -0.1) is 0 Å². The second kappa shape index (κ2) is 12.7. The topological polar surface area (TPSA) is 13.1 Å². The highest BCUT2D eigenvalue weighted by atomic mass is 16.3. The predicted molar refractivity (Wildman–Crippen MR) is 233 cm³/mol. The van der Waals surface area contributed by atoms with Crippen LogP contribution >= 0.6 is 0 Å². The van der Waals surface area contributed by atoms with E-state index in [0.717, 1.165) is 38.4 Å². The molecule has 0 saturated carbocycles. The normalized spacial score (nSPS) is 14.7. The van der Waals surface area contributed by atoms with Crippen molar-refractivity contribution in [1.82, 2.24) is 0 Å². The van der Waals surface area contributed by atoms with E-state index in [1.165, 1.54) is 0 Å². The Hall–Kier alpha value is -7.22. The average molecular weight is 711 g/mol. The lowest BCUT2D eigenvalue weighted by Gasteiger charge is -2.18. The van der Waals surface area contributed by atoms with Gasteiger partial charge in [-0.3, -0.25) is 0 Å². The van der Waals surface area contributed by atoms with Crippen LogP contribution in [0.25, 0.3) is 110 Å². The highest BCUT2D eigenvalue weighted by Crippen LogP contribution is 2.47. The molecule has 0 aliphatic carbocycles. The molecule has 55 heavy (non-hydrogen) atoms. The number of fused-ring (bicyclic) bond motifs is 6. The first-order valence-electron chi connectivity index (χ1n) is 23.9. The van der Waals surface area contributed by atoms with Crippen molar-refractivity contribution in [2.75, 3.05) is 0 Å². The molecule has 0 saturated heterocycles. The standard InChI is InChI=1S/C54H34O/c1-3-15-35(16-4-1)37-19-11-20-38(33-37)40-25-12-27-41-42-28-13-29-45(44(42)32-31-43(40)41)53-46-21-7-9-23-48(46)54(49-24-10-8-22-47(49)53)52-34-50-39(26-14-30-51(50)55-52)36-17-5-2-6-18-36/h1-34H/i7D,8D,9D,10D,14D,21D,22D,23D,24D,26D,30D,34D. The Kier molecular flexibility index (Phi) is 4.97. The van der Waals surface area contributed by atoms with E-state index in [0.29, 0.717) is 16.5 Å². The summed E-state index contributed by atoms with van der Waals surface area (Å²) < 4.78 is 117. The van der Waals surface area contributed by atoms with Crippen LogP contribution in [0.2, 0.25) is 0 Å².